The lowest BCUT2D eigenvalue weighted by Crippen LogP contribution is -2.42. The van der Waals surface area contributed by atoms with Gasteiger partial charge in [-0.1, -0.05) is 30.1 Å². The minimum Gasteiger partial charge on any atom is -0.388 e. The Morgan fingerprint density at radius 3 is 2.78 bits per heavy atom. The highest BCUT2D eigenvalue weighted by molar-refractivity contribution is 5.93. The fraction of sp³-hybridized carbons (Fsp3) is 0.412. The first-order valence-electron chi connectivity index (χ1n) is 7.68. The second-order valence-electron chi connectivity index (χ2n) is 6.15. The van der Waals surface area contributed by atoms with Crippen LogP contribution >= 0.6 is 0 Å². The number of amides is 1. The molecule has 1 N–H and O–H groups in total. The average Bonchev–Trinajstić information content (AvgIpc) is 3.16. The van der Waals surface area contributed by atoms with E-state index in [0.717, 1.165) is 12.8 Å². The molecule has 6 heteroatoms. The second kappa shape index (κ2) is 6.12. The van der Waals surface area contributed by atoms with E-state index in [0.29, 0.717) is 12.8 Å². The number of carbonyl (C=O) groups is 1. The van der Waals surface area contributed by atoms with Gasteiger partial charge in [0.1, 0.15) is 5.82 Å². The first-order valence-corrected chi connectivity index (χ1v) is 7.68. The van der Waals surface area contributed by atoms with E-state index < -0.39 is 11.4 Å². The summed E-state index contributed by atoms with van der Waals surface area (Å²) in [6, 6.07) is 7.58. The number of hydrogen-bond donors (Lipinski definition) is 1. The minimum absolute atomic E-state index is 0.104. The fourth-order valence-corrected chi connectivity index (χ4v) is 3.06. The molecule has 122 valence electrons. The molecular formula is C17H19FN2O3. The first kappa shape index (κ1) is 15.7. The summed E-state index contributed by atoms with van der Waals surface area (Å²) in [5.74, 6) is -0.577. The van der Waals surface area contributed by atoms with E-state index in [1.54, 1.807) is 25.2 Å². The zero-order valence-electron chi connectivity index (χ0n) is 13.0. The van der Waals surface area contributed by atoms with Crippen LogP contribution in [0.15, 0.2) is 34.9 Å². The van der Waals surface area contributed by atoms with E-state index in [2.05, 4.69) is 5.16 Å². The predicted molar refractivity (Wildman–Crippen MR) is 82.3 cm³/mol. The van der Waals surface area contributed by atoms with Gasteiger partial charge in [0, 0.05) is 19.7 Å². The quantitative estimate of drug-likeness (QED) is 0.941. The van der Waals surface area contributed by atoms with Crippen molar-refractivity contribution in [2.45, 2.75) is 31.3 Å². The lowest BCUT2D eigenvalue weighted by Gasteiger charge is -2.28. The van der Waals surface area contributed by atoms with Crippen LogP contribution < -0.4 is 0 Å². The highest BCUT2D eigenvalue weighted by Gasteiger charge is 2.34. The third kappa shape index (κ3) is 3.27. The number of likely N-dealkylation sites (N-methyl/N-ethyl adjacent to an activating group) is 1. The van der Waals surface area contributed by atoms with Crippen LogP contribution in [0.1, 0.15) is 36.2 Å². The Hall–Kier alpha value is -2.21. The maximum Gasteiger partial charge on any atom is 0.275 e. The maximum absolute atomic E-state index is 13.7. The van der Waals surface area contributed by atoms with Crippen LogP contribution in [-0.4, -0.2) is 40.3 Å². The molecule has 1 aliphatic rings. The van der Waals surface area contributed by atoms with Crippen LogP contribution in [0, 0.1) is 5.82 Å². The summed E-state index contributed by atoms with van der Waals surface area (Å²) in [5, 5.41) is 14.1. The summed E-state index contributed by atoms with van der Waals surface area (Å²) < 4.78 is 18.8. The number of rotatable bonds is 4. The van der Waals surface area contributed by atoms with Gasteiger partial charge in [-0.05, 0) is 25.0 Å². The van der Waals surface area contributed by atoms with Crippen molar-refractivity contribution in [1.82, 2.24) is 10.1 Å². The van der Waals surface area contributed by atoms with E-state index in [-0.39, 0.29) is 29.5 Å². The third-order valence-corrected chi connectivity index (χ3v) is 4.28. The summed E-state index contributed by atoms with van der Waals surface area (Å²) in [7, 11) is 1.62. The third-order valence-electron chi connectivity index (χ3n) is 4.28. The maximum atomic E-state index is 13.7. The molecule has 1 aromatic carbocycles. The van der Waals surface area contributed by atoms with E-state index >= 15 is 0 Å². The van der Waals surface area contributed by atoms with Gasteiger partial charge in [0.2, 0.25) is 0 Å². The highest BCUT2D eigenvalue weighted by atomic mass is 19.1. The molecule has 0 spiro atoms. The second-order valence-corrected chi connectivity index (χ2v) is 6.15. The van der Waals surface area contributed by atoms with Crippen LogP contribution in [0.5, 0.6) is 0 Å². The molecule has 1 aromatic heterocycles. The lowest BCUT2D eigenvalue weighted by atomic mass is 10.0. The monoisotopic (exact) mass is 318 g/mol. The molecular weight excluding hydrogens is 299 g/mol. The summed E-state index contributed by atoms with van der Waals surface area (Å²) in [4.78, 5) is 13.8. The molecule has 2 aromatic rings. The van der Waals surface area contributed by atoms with Gasteiger partial charge >= 0.3 is 0 Å². The SMILES string of the molecule is CN(CC1(O)CCCC1)C(=O)c1cc(-c2ccccc2F)on1. The lowest BCUT2D eigenvalue weighted by molar-refractivity contribution is 0.0153. The van der Waals surface area contributed by atoms with Crippen molar-refractivity contribution in [3.05, 3.63) is 41.8 Å². The molecule has 0 radical (unpaired) electrons. The summed E-state index contributed by atoms with van der Waals surface area (Å²) in [6.45, 7) is 0.258. The van der Waals surface area contributed by atoms with E-state index in [1.165, 1.54) is 17.0 Å². The van der Waals surface area contributed by atoms with E-state index in [1.807, 2.05) is 0 Å². The smallest absolute Gasteiger partial charge is 0.275 e. The van der Waals surface area contributed by atoms with E-state index in [9.17, 15) is 14.3 Å². The Balaban J connectivity index is 1.74. The number of benzene rings is 1. The van der Waals surface area contributed by atoms with Crippen LogP contribution in [0.25, 0.3) is 11.3 Å². The Morgan fingerprint density at radius 2 is 2.09 bits per heavy atom. The molecule has 23 heavy (non-hydrogen) atoms. The average molecular weight is 318 g/mol. The largest absolute Gasteiger partial charge is 0.388 e. The molecule has 5 nitrogen and oxygen atoms in total. The summed E-state index contributed by atoms with van der Waals surface area (Å²) in [6.07, 6.45) is 3.34. The van der Waals surface area contributed by atoms with Gasteiger partial charge in [0.15, 0.2) is 11.5 Å². The fourth-order valence-electron chi connectivity index (χ4n) is 3.06. The molecule has 0 aliphatic heterocycles. The standard InChI is InChI=1S/C17H19FN2O3/c1-20(11-17(22)8-4-5-9-17)16(21)14-10-15(23-19-14)12-6-2-3-7-13(12)18/h2-3,6-7,10,22H,4-5,8-9,11H2,1H3. The number of aromatic nitrogens is 1. The number of aliphatic hydroxyl groups is 1. The first-order chi connectivity index (χ1) is 11.0. The van der Waals surface area contributed by atoms with Crippen molar-refractivity contribution < 1.29 is 18.8 Å². The molecule has 0 unspecified atom stereocenters. The summed E-state index contributed by atoms with van der Waals surface area (Å²) >= 11 is 0. The topological polar surface area (TPSA) is 66.6 Å². The highest BCUT2D eigenvalue weighted by Crippen LogP contribution is 2.30. The molecule has 1 aliphatic carbocycles. The van der Waals surface area contributed by atoms with Crippen molar-refractivity contribution in [1.29, 1.82) is 0 Å². The van der Waals surface area contributed by atoms with Crippen LogP contribution in [0.4, 0.5) is 4.39 Å². The van der Waals surface area contributed by atoms with E-state index in [4.69, 9.17) is 4.52 Å². The number of carbonyl (C=O) groups excluding carboxylic acids is 1. The summed E-state index contributed by atoms with van der Waals surface area (Å²) in [5.41, 5.74) is -0.453. The van der Waals surface area contributed by atoms with Crippen molar-refractivity contribution >= 4 is 5.91 Å². The van der Waals surface area contributed by atoms with Crippen LogP contribution in [0.2, 0.25) is 0 Å². The molecule has 0 saturated heterocycles. The zero-order chi connectivity index (χ0) is 16.4. The zero-order valence-corrected chi connectivity index (χ0v) is 13.0. The van der Waals surface area contributed by atoms with Gasteiger partial charge in [-0.3, -0.25) is 4.79 Å². The Kier molecular flexibility index (Phi) is 4.17. The number of halogens is 1. The van der Waals surface area contributed by atoms with Crippen LogP contribution in [0.3, 0.4) is 0 Å². The van der Waals surface area contributed by atoms with Crippen molar-refractivity contribution in [3.8, 4) is 11.3 Å². The molecule has 3 rings (SSSR count). The van der Waals surface area contributed by atoms with Crippen molar-refractivity contribution in [2.75, 3.05) is 13.6 Å². The van der Waals surface area contributed by atoms with Gasteiger partial charge < -0.3 is 14.5 Å². The molecule has 1 amide bonds. The number of nitrogens with zero attached hydrogens (tertiary/aromatic N) is 2. The Bertz CT molecular complexity index is 707. The molecule has 0 atom stereocenters. The molecule has 0 bridgehead atoms. The van der Waals surface area contributed by atoms with Gasteiger partial charge in [0.05, 0.1) is 11.2 Å². The van der Waals surface area contributed by atoms with Gasteiger partial charge in [-0.15, -0.1) is 0 Å². The Morgan fingerprint density at radius 1 is 1.39 bits per heavy atom. The normalized spacial score (nSPS) is 16.5. The van der Waals surface area contributed by atoms with Gasteiger partial charge in [0.25, 0.3) is 5.91 Å². The Labute approximate surface area is 133 Å². The molecule has 1 heterocycles. The minimum atomic E-state index is -0.817. The van der Waals surface area contributed by atoms with Crippen LogP contribution in [-0.2, 0) is 0 Å². The van der Waals surface area contributed by atoms with Gasteiger partial charge in [-0.2, -0.15) is 0 Å². The van der Waals surface area contributed by atoms with Crippen molar-refractivity contribution in [3.63, 3.8) is 0 Å². The van der Waals surface area contributed by atoms with Crippen molar-refractivity contribution in [2.24, 2.45) is 0 Å². The molecule has 1 fully saturated rings. The number of hydrogen-bond acceptors (Lipinski definition) is 4. The predicted octanol–water partition coefficient (Wildman–Crippen LogP) is 2.86. The molecule has 1 saturated carbocycles. The van der Waals surface area contributed by atoms with Gasteiger partial charge in [-0.25, -0.2) is 4.39 Å².